The number of halogens is 3. The Morgan fingerprint density at radius 2 is 2.22 bits per heavy atom. The molecule has 0 saturated carbocycles. The summed E-state index contributed by atoms with van der Waals surface area (Å²) in [5, 5.41) is 0. The summed E-state index contributed by atoms with van der Waals surface area (Å²) in [6.45, 7) is 1.85. The molecule has 0 aromatic carbocycles. The van der Waals surface area contributed by atoms with Crippen LogP contribution in [0.25, 0.3) is 0 Å². The lowest BCUT2D eigenvalue weighted by molar-refractivity contribution is -0.142. The van der Waals surface area contributed by atoms with Crippen LogP contribution in [0.2, 0.25) is 0 Å². The van der Waals surface area contributed by atoms with Gasteiger partial charge in [0.15, 0.2) is 0 Å². The summed E-state index contributed by atoms with van der Waals surface area (Å²) < 4.78 is 36.0. The lowest BCUT2D eigenvalue weighted by atomic mass is 10.1. The zero-order chi connectivity index (χ0) is 13.7. The Morgan fingerprint density at radius 1 is 1.56 bits per heavy atom. The molecule has 7 heteroatoms. The predicted octanol–water partition coefficient (Wildman–Crippen LogP) is 2.74. The molecule has 0 aliphatic heterocycles. The Kier molecular flexibility index (Phi) is 5.70. The molecule has 18 heavy (non-hydrogen) atoms. The number of hydrogen-bond acceptors (Lipinski definition) is 4. The van der Waals surface area contributed by atoms with E-state index in [0.29, 0.717) is 3.57 Å². The molecule has 0 unspecified atom stereocenters. The fourth-order valence-corrected chi connectivity index (χ4v) is 2.16. The SMILES string of the molecule is CCOC(=O)Cc1c(OC)ncc(I)c1C(F)F. The Balaban J connectivity index is 3.19. The van der Waals surface area contributed by atoms with Gasteiger partial charge in [-0.3, -0.25) is 4.79 Å². The summed E-state index contributed by atoms with van der Waals surface area (Å²) in [4.78, 5) is 15.3. The third kappa shape index (κ3) is 3.50. The smallest absolute Gasteiger partial charge is 0.310 e. The van der Waals surface area contributed by atoms with E-state index in [0.717, 1.165) is 0 Å². The predicted molar refractivity (Wildman–Crippen MR) is 68.8 cm³/mol. The minimum Gasteiger partial charge on any atom is -0.481 e. The van der Waals surface area contributed by atoms with Crippen LogP contribution in [0.15, 0.2) is 6.20 Å². The van der Waals surface area contributed by atoms with Crippen molar-refractivity contribution in [2.24, 2.45) is 0 Å². The van der Waals surface area contributed by atoms with Crippen molar-refractivity contribution >= 4 is 28.6 Å². The Morgan fingerprint density at radius 3 is 2.72 bits per heavy atom. The Hall–Kier alpha value is -0.990. The van der Waals surface area contributed by atoms with Gasteiger partial charge in [-0.1, -0.05) is 0 Å². The molecular weight excluding hydrogens is 359 g/mol. The number of esters is 1. The van der Waals surface area contributed by atoms with Crippen molar-refractivity contribution in [3.8, 4) is 5.88 Å². The van der Waals surface area contributed by atoms with Crippen molar-refractivity contribution in [3.05, 3.63) is 20.9 Å². The third-order valence-electron chi connectivity index (χ3n) is 2.17. The van der Waals surface area contributed by atoms with E-state index >= 15 is 0 Å². The van der Waals surface area contributed by atoms with Crippen molar-refractivity contribution in [1.82, 2.24) is 4.98 Å². The summed E-state index contributed by atoms with van der Waals surface area (Å²) in [5.41, 5.74) is -0.145. The van der Waals surface area contributed by atoms with Crippen LogP contribution in [0.1, 0.15) is 24.5 Å². The number of alkyl halides is 2. The molecule has 0 aliphatic carbocycles. The molecule has 0 radical (unpaired) electrons. The fourth-order valence-electron chi connectivity index (χ4n) is 1.46. The number of rotatable bonds is 5. The van der Waals surface area contributed by atoms with Gasteiger partial charge in [0, 0.05) is 20.9 Å². The maximum Gasteiger partial charge on any atom is 0.310 e. The van der Waals surface area contributed by atoms with Crippen LogP contribution in [-0.4, -0.2) is 24.7 Å². The number of pyridine rings is 1. The molecule has 0 amide bonds. The van der Waals surface area contributed by atoms with Gasteiger partial charge in [-0.05, 0) is 29.5 Å². The van der Waals surface area contributed by atoms with E-state index in [1.54, 1.807) is 29.5 Å². The number of aromatic nitrogens is 1. The first-order valence-corrected chi connectivity index (χ1v) is 6.24. The first-order valence-electron chi connectivity index (χ1n) is 5.16. The molecule has 1 heterocycles. The van der Waals surface area contributed by atoms with Crippen molar-refractivity contribution in [1.29, 1.82) is 0 Å². The molecule has 0 bridgehead atoms. The molecule has 0 atom stereocenters. The third-order valence-corrected chi connectivity index (χ3v) is 3.03. The second-order valence-corrected chi connectivity index (χ2v) is 4.45. The summed E-state index contributed by atoms with van der Waals surface area (Å²) in [5.74, 6) is -0.555. The quantitative estimate of drug-likeness (QED) is 0.590. The van der Waals surface area contributed by atoms with Crippen molar-refractivity contribution in [2.45, 2.75) is 19.8 Å². The number of hydrogen-bond donors (Lipinski definition) is 0. The Labute approximate surface area is 117 Å². The molecule has 0 saturated heterocycles. The van der Waals surface area contributed by atoms with Gasteiger partial charge in [-0.15, -0.1) is 0 Å². The maximum atomic E-state index is 13.0. The molecule has 0 fully saturated rings. The fraction of sp³-hybridized carbons (Fsp3) is 0.455. The summed E-state index contributed by atoms with van der Waals surface area (Å²) >= 11 is 1.75. The second-order valence-electron chi connectivity index (χ2n) is 3.29. The first-order chi connectivity index (χ1) is 8.51. The second kappa shape index (κ2) is 6.81. The van der Waals surface area contributed by atoms with Crippen molar-refractivity contribution in [2.75, 3.05) is 13.7 Å². The largest absolute Gasteiger partial charge is 0.481 e. The van der Waals surface area contributed by atoms with Crippen LogP contribution >= 0.6 is 22.6 Å². The number of nitrogens with zero attached hydrogens (tertiary/aromatic N) is 1. The lowest BCUT2D eigenvalue weighted by Gasteiger charge is -2.13. The molecular formula is C11H12F2INO3. The van der Waals surface area contributed by atoms with E-state index < -0.39 is 12.4 Å². The lowest BCUT2D eigenvalue weighted by Crippen LogP contribution is -2.12. The van der Waals surface area contributed by atoms with E-state index in [9.17, 15) is 13.6 Å². The number of carbonyl (C=O) groups is 1. The molecule has 0 N–H and O–H groups in total. The highest BCUT2D eigenvalue weighted by molar-refractivity contribution is 14.1. The van der Waals surface area contributed by atoms with Crippen molar-refractivity contribution in [3.63, 3.8) is 0 Å². The number of ether oxygens (including phenoxy) is 2. The van der Waals surface area contributed by atoms with E-state index in [2.05, 4.69) is 4.98 Å². The topological polar surface area (TPSA) is 48.4 Å². The minimum absolute atomic E-state index is 0.0266. The van der Waals surface area contributed by atoms with Crippen LogP contribution in [0.4, 0.5) is 8.78 Å². The summed E-state index contributed by atoms with van der Waals surface area (Å²) in [6.07, 6.45) is -1.69. The van der Waals surface area contributed by atoms with Gasteiger partial charge in [-0.25, -0.2) is 13.8 Å². The van der Waals surface area contributed by atoms with Crippen LogP contribution in [0.3, 0.4) is 0 Å². The van der Waals surface area contributed by atoms with Gasteiger partial charge in [0.1, 0.15) is 0 Å². The van der Waals surface area contributed by atoms with Crippen molar-refractivity contribution < 1.29 is 23.0 Å². The van der Waals surface area contributed by atoms with Gasteiger partial charge in [0.05, 0.1) is 20.1 Å². The van der Waals surface area contributed by atoms with E-state index in [1.165, 1.54) is 13.3 Å². The highest BCUT2D eigenvalue weighted by atomic mass is 127. The number of carbonyl (C=O) groups excluding carboxylic acids is 1. The molecule has 4 nitrogen and oxygen atoms in total. The highest BCUT2D eigenvalue weighted by Gasteiger charge is 2.23. The van der Waals surface area contributed by atoms with Gasteiger partial charge >= 0.3 is 5.97 Å². The van der Waals surface area contributed by atoms with Crippen LogP contribution in [0, 0.1) is 3.57 Å². The van der Waals surface area contributed by atoms with Gasteiger partial charge in [0.25, 0.3) is 6.43 Å². The highest BCUT2D eigenvalue weighted by Crippen LogP contribution is 2.32. The molecule has 1 aromatic heterocycles. The zero-order valence-corrected chi connectivity index (χ0v) is 12.0. The normalized spacial score (nSPS) is 10.6. The average molecular weight is 371 g/mol. The summed E-state index contributed by atoms with van der Waals surface area (Å²) in [7, 11) is 1.32. The van der Waals surface area contributed by atoms with Gasteiger partial charge in [-0.2, -0.15) is 0 Å². The standard InChI is InChI=1S/C11H12F2INO3/c1-3-18-8(16)4-6-9(10(12)13)7(14)5-15-11(6)17-2/h5,10H,3-4H2,1-2H3. The summed E-state index contributed by atoms with van der Waals surface area (Å²) in [6, 6.07) is 0. The van der Waals surface area contributed by atoms with E-state index in [4.69, 9.17) is 9.47 Å². The van der Waals surface area contributed by atoms with Gasteiger partial charge < -0.3 is 9.47 Å². The molecule has 0 aliphatic rings. The van der Waals surface area contributed by atoms with Crippen LogP contribution in [-0.2, 0) is 16.0 Å². The maximum absolute atomic E-state index is 13.0. The molecule has 100 valence electrons. The zero-order valence-electron chi connectivity index (χ0n) is 9.87. The van der Waals surface area contributed by atoms with E-state index in [-0.39, 0.29) is 30.0 Å². The molecule has 0 spiro atoms. The number of methoxy groups -OCH3 is 1. The molecule has 1 rings (SSSR count). The van der Waals surface area contributed by atoms with Crippen LogP contribution in [0.5, 0.6) is 5.88 Å². The van der Waals surface area contributed by atoms with E-state index in [1.807, 2.05) is 0 Å². The van der Waals surface area contributed by atoms with Crippen LogP contribution < -0.4 is 4.74 Å². The molecule has 1 aromatic rings. The average Bonchev–Trinajstić information content (AvgIpc) is 2.29. The minimum atomic E-state index is -2.70. The van der Waals surface area contributed by atoms with Gasteiger partial charge in [0.2, 0.25) is 5.88 Å². The Bertz CT molecular complexity index is 441. The monoisotopic (exact) mass is 371 g/mol. The first kappa shape index (κ1) is 15.1.